The number of ketones is 1. The number of carbonyl (C=O) groups excluding carboxylic acids is 1. The van der Waals surface area contributed by atoms with E-state index in [1.54, 1.807) is 0 Å². The molecule has 0 heterocycles. The van der Waals surface area contributed by atoms with Crippen LogP contribution in [-0.4, -0.2) is 5.78 Å². The molecule has 0 radical (unpaired) electrons. The first-order chi connectivity index (χ1) is 5.91. The van der Waals surface area contributed by atoms with Crippen LogP contribution in [0, 0.1) is 5.92 Å². The highest BCUT2D eigenvalue weighted by Gasteiger charge is 2.15. The Morgan fingerprint density at radius 3 is 3.20 bits per heavy atom. The summed E-state index contributed by atoms with van der Waals surface area (Å²) < 4.78 is 21.0. The zero-order valence-corrected chi connectivity index (χ0v) is 6.18. The molecule has 1 rings (SSSR count). The van der Waals surface area contributed by atoms with Crippen LogP contribution in [0.1, 0.15) is 37.2 Å². The van der Waals surface area contributed by atoms with Gasteiger partial charge in [0.25, 0.3) is 0 Å². The van der Waals surface area contributed by atoms with Gasteiger partial charge in [0.05, 0.1) is 0 Å². The van der Waals surface area contributed by atoms with Crippen LogP contribution in [0.15, 0.2) is 11.6 Å². The van der Waals surface area contributed by atoms with Gasteiger partial charge in [0, 0.05) is 10.0 Å². The Morgan fingerprint density at radius 2 is 2.70 bits per heavy atom. The van der Waals surface area contributed by atoms with Gasteiger partial charge in [-0.3, -0.25) is 4.79 Å². The smallest absolute Gasteiger partial charge is 0.133 e. The Balaban J connectivity index is 2.61. The molecular formula is C9H14O. The van der Waals surface area contributed by atoms with Crippen LogP contribution in [0.4, 0.5) is 0 Å². The van der Waals surface area contributed by atoms with E-state index in [9.17, 15) is 4.79 Å². The molecule has 0 aromatic rings. The monoisotopic (exact) mass is 141 g/mol. The summed E-state index contributed by atoms with van der Waals surface area (Å²) >= 11 is 0. The lowest BCUT2D eigenvalue weighted by Gasteiger charge is -2.16. The quantitative estimate of drug-likeness (QED) is 0.512. The van der Waals surface area contributed by atoms with Crippen molar-refractivity contribution in [2.75, 3.05) is 0 Å². The second-order valence-corrected chi connectivity index (χ2v) is 2.89. The maximum atomic E-state index is 11.3. The third kappa shape index (κ3) is 1.69. The second kappa shape index (κ2) is 3.00. The molecule has 1 unspecified atom stereocenters. The number of hydrogen-bond acceptors (Lipinski definition) is 1. The van der Waals surface area contributed by atoms with Crippen LogP contribution in [0.2, 0.25) is 0 Å². The Labute approximate surface area is 66.3 Å². The van der Waals surface area contributed by atoms with Gasteiger partial charge in [-0.1, -0.05) is 11.6 Å². The summed E-state index contributed by atoms with van der Waals surface area (Å²) in [6, 6.07) is 0. The summed E-state index contributed by atoms with van der Waals surface area (Å²) in [5, 5.41) is 0. The fourth-order valence-electron chi connectivity index (χ4n) is 1.20. The van der Waals surface area contributed by atoms with E-state index in [-0.39, 0.29) is 5.92 Å². The minimum Gasteiger partial charge on any atom is -0.300 e. The first-order valence-corrected chi connectivity index (χ1v) is 3.61. The van der Waals surface area contributed by atoms with Crippen LogP contribution in [0.25, 0.3) is 0 Å². The summed E-state index contributed by atoms with van der Waals surface area (Å²) in [4.78, 5) is 11.3. The first kappa shape index (κ1) is 4.32. The van der Waals surface area contributed by atoms with Crippen LogP contribution in [0.5, 0.6) is 0 Å². The first-order valence-electron chi connectivity index (χ1n) is 5.11. The molecular weight excluding hydrogens is 124 g/mol. The van der Waals surface area contributed by atoms with Gasteiger partial charge in [-0.05, 0) is 33.0 Å². The number of carbonyl (C=O) groups is 1. The fraction of sp³-hybridized carbons (Fsp3) is 0.667. The van der Waals surface area contributed by atoms with Crippen LogP contribution in [-0.2, 0) is 4.79 Å². The van der Waals surface area contributed by atoms with E-state index in [1.807, 2.05) is 13.0 Å². The molecule has 0 fully saturated rings. The van der Waals surface area contributed by atoms with Crippen molar-refractivity contribution in [2.45, 2.75) is 33.0 Å². The molecule has 1 heteroatoms. The number of Topliss-reactive ketones (excluding diaryl/α,β-unsaturated/α-hetero) is 1. The molecule has 10 heavy (non-hydrogen) atoms. The fourth-order valence-corrected chi connectivity index (χ4v) is 1.20. The average Bonchev–Trinajstić information content (AvgIpc) is 2.03. The van der Waals surface area contributed by atoms with Crippen molar-refractivity contribution in [3.8, 4) is 0 Å². The lowest BCUT2D eigenvalue weighted by atomic mass is 9.88. The lowest BCUT2D eigenvalue weighted by Crippen LogP contribution is -2.12. The molecule has 0 aromatic heterocycles. The zero-order chi connectivity index (χ0) is 10.1. The molecule has 0 saturated carbocycles. The molecule has 0 saturated heterocycles. The Bertz CT molecular complexity index is 240. The van der Waals surface area contributed by atoms with Gasteiger partial charge in [-0.2, -0.15) is 0 Å². The zero-order valence-electron chi connectivity index (χ0n) is 9.18. The van der Waals surface area contributed by atoms with Gasteiger partial charge in [-0.15, -0.1) is 0 Å². The molecule has 0 aromatic carbocycles. The maximum Gasteiger partial charge on any atom is 0.133 e. The summed E-state index contributed by atoms with van der Waals surface area (Å²) in [5.74, 6) is -0.854. The van der Waals surface area contributed by atoms with Gasteiger partial charge in [0.1, 0.15) is 5.78 Å². The molecule has 0 aliphatic heterocycles. The van der Waals surface area contributed by atoms with Crippen molar-refractivity contribution < 1.29 is 8.91 Å². The van der Waals surface area contributed by atoms with Gasteiger partial charge in [0.2, 0.25) is 0 Å². The normalized spacial score (nSPS) is 31.5. The number of hydrogen-bond donors (Lipinski definition) is 0. The van der Waals surface area contributed by atoms with E-state index in [1.165, 1.54) is 5.57 Å². The van der Waals surface area contributed by atoms with E-state index in [0.717, 1.165) is 6.42 Å². The number of allylic oxidation sites excluding steroid dienone is 2. The molecule has 1 atom stereocenters. The molecule has 0 bridgehead atoms. The highest BCUT2D eigenvalue weighted by atomic mass is 16.1. The van der Waals surface area contributed by atoms with E-state index >= 15 is 0 Å². The van der Waals surface area contributed by atoms with Crippen molar-refractivity contribution in [1.29, 1.82) is 0 Å². The average molecular weight is 141 g/mol. The Kier molecular flexibility index (Phi) is 1.30. The van der Waals surface area contributed by atoms with Gasteiger partial charge >= 0.3 is 0 Å². The predicted molar refractivity (Wildman–Crippen MR) is 41.8 cm³/mol. The molecule has 0 N–H and O–H groups in total. The van der Waals surface area contributed by atoms with Crippen molar-refractivity contribution in [3.63, 3.8) is 0 Å². The van der Waals surface area contributed by atoms with E-state index in [2.05, 4.69) is 0 Å². The minimum atomic E-state index is -2.41. The summed E-state index contributed by atoms with van der Waals surface area (Å²) in [6.07, 6.45) is 4.12. The second-order valence-electron chi connectivity index (χ2n) is 2.89. The predicted octanol–water partition coefficient (Wildman–Crippen LogP) is 2.32. The highest BCUT2D eigenvalue weighted by molar-refractivity contribution is 5.78. The number of rotatable bonds is 1. The van der Waals surface area contributed by atoms with Crippen molar-refractivity contribution in [2.24, 2.45) is 5.92 Å². The topological polar surface area (TPSA) is 17.1 Å². The SMILES string of the molecule is [2H]C([2H])([2H])C(=O)C1CC=C(C)CC1. The Hall–Kier alpha value is -0.590. The Morgan fingerprint density at radius 1 is 1.90 bits per heavy atom. The molecule has 0 amide bonds. The van der Waals surface area contributed by atoms with E-state index in [4.69, 9.17) is 4.11 Å². The standard InChI is InChI=1S/C9H14O/c1-7-3-5-9(6-4-7)8(2)10/h3,9H,4-6H2,1-2H3/i2D3. The lowest BCUT2D eigenvalue weighted by molar-refractivity contribution is -0.120. The molecule has 56 valence electrons. The molecule has 1 aliphatic rings. The van der Waals surface area contributed by atoms with Crippen LogP contribution < -0.4 is 0 Å². The molecule has 1 aliphatic carbocycles. The third-order valence-electron chi connectivity index (χ3n) is 2.01. The van der Waals surface area contributed by atoms with Crippen molar-refractivity contribution in [3.05, 3.63) is 11.6 Å². The highest BCUT2D eigenvalue weighted by Crippen LogP contribution is 2.23. The van der Waals surface area contributed by atoms with Crippen molar-refractivity contribution in [1.82, 2.24) is 0 Å². The molecule has 0 spiro atoms. The molecule has 1 nitrogen and oxygen atoms in total. The third-order valence-corrected chi connectivity index (χ3v) is 2.01. The summed E-state index contributed by atoms with van der Waals surface area (Å²) in [6.45, 7) is -0.403. The summed E-state index contributed by atoms with van der Waals surface area (Å²) in [7, 11) is 0. The van der Waals surface area contributed by atoms with E-state index < -0.39 is 12.6 Å². The van der Waals surface area contributed by atoms with Gasteiger partial charge in [-0.25, -0.2) is 0 Å². The van der Waals surface area contributed by atoms with Crippen LogP contribution in [0.3, 0.4) is 0 Å². The summed E-state index contributed by atoms with van der Waals surface area (Å²) in [5.41, 5.74) is 1.26. The maximum absolute atomic E-state index is 11.3. The van der Waals surface area contributed by atoms with E-state index in [0.29, 0.717) is 12.8 Å². The minimum absolute atomic E-state index is 0.281. The van der Waals surface area contributed by atoms with Crippen LogP contribution >= 0.6 is 0 Å². The van der Waals surface area contributed by atoms with Crippen molar-refractivity contribution >= 4 is 5.78 Å². The largest absolute Gasteiger partial charge is 0.300 e. The van der Waals surface area contributed by atoms with Gasteiger partial charge < -0.3 is 0 Å². The van der Waals surface area contributed by atoms with Gasteiger partial charge in [0.15, 0.2) is 0 Å².